The number of carbonyl (C=O) groups is 1. The summed E-state index contributed by atoms with van der Waals surface area (Å²) in [4.78, 5) is 12.1. The molecular formula is C24H41ClN2O. The molecule has 2 unspecified atom stereocenters. The molecule has 0 aromatic heterocycles. The van der Waals surface area contributed by atoms with Crippen LogP contribution < -0.4 is 11.1 Å². The number of halogens is 1. The Kier molecular flexibility index (Phi) is 15.0. The second-order valence-corrected chi connectivity index (χ2v) is 8.59. The SMILES string of the molecule is CCCCCCCCCCCCCCC(Cl)CC(N)C(=O)Nc1ccccc1. The fourth-order valence-electron chi connectivity index (χ4n) is 3.46. The minimum absolute atomic E-state index is 0.0281. The summed E-state index contributed by atoms with van der Waals surface area (Å²) in [7, 11) is 0. The van der Waals surface area contributed by atoms with Crippen molar-refractivity contribution >= 4 is 23.2 Å². The Labute approximate surface area is 177 Å². The van der Waals surface area contributed by atoms with Gasteiger partial charge in [-0.3, -0.25) is 4.79 Å². The summed E-state index contributed by atoms with van der Waals surface area (Å²) in [6.45, 7) is 2.27. The van der Waals surface area contributed by atoms with E-state index in [2.05, 4.69) is 12.2 Å². The van der Waals surface area contributed by atoms with E-state index in [1.165, 1.54) is 70.6 Å². The van der Waals surface area contributed by atoms with Crippen molar-refractivity contribution in [1.29, 1.82) is 0 Å². The number of rotatable bonds is 17. The van der Waals surface area contributed by atoms with Crippen LogP contribution in [-0.2, 0) is 4.79 Å². The monoisotopic (exact) mass is 408 g/mol. The summed E-state index contributed by atoms with van der Waals surface area (Å²) in [5.41, 5.74) is 6.78. The van der Waals surface area contributed by atoms with E-state index >= 15 is 0 Å². The van der Waals surface area contributed by atoms with Crippen LogP contribution in [-0.4, -0.2) is 17.3 Å². The third kappa shape index (κ3) is 13.2. The molecule has 28 heavy (non-hydrogen) atoms. The molecule has 0 fully saturated rings. The van der Waals surface area contributed by atoms with Crippen LogP contribution >= 0.6 is 11.6 Å². The predicted octanol–water partition coefficient (Wildman–Crippen LogP) is 7.04. The smallest absolute Gasteiger partial charge is 0.241 e. The zero-order valence-corrected chi connectivity index (χ0v) is 18.6. The third-order valence-electron chi connectivity index (χ3n) is 5.26. The highest BCUT2D eigenvalue weighted by Crippen LogP contribution is 2.17. The van der Waals surface area contributed by atoms with Gasteiger partial charge in [-0.05, 0) is 25.0 Å². The van der Waals surface area contributed by atoms with Crippen molar-refractivity contribution in [2.45, 2.75) is 108 Å². The Morgan fingerprint density at radius 3 is 1.93 bits per heavy atom. The molecule has 0 bridgehead atoms. The van der Waals surface area contributed by atoms with Gasteiger partial charge in [0.2, 0.25) is 5.91 Å². The lowest BCUT2D eigenvalue weighted by Gasteiger charge is -2.16. The quantitative estimate of drug-likeness (QED) is 0.214. The van der Waals surface area contributed by atoms with Crippen LogP contribution in [0.15, 0.2) is 30.3 Å². The number of nitrogens with one attached hydrogen (secondary N) is 1. The van der Waals surface area contributed by atoms with Crippen LogP contribution in [0.3, 0.4) is 0 Å². The van der Waals surface area contributed by atoms with E-state index in [1.807, 2.05) is 30.3 Å². The summed E-state index contributed by atoms with van der Waals surface area (Å²) in [6.07, 6.45) is 17.5. The minimum Gasteiger partial charge on any atom is -0.325 e. The number of alkyl halides is 1. The Morgan fingerprint density at radius 2 is 1.39 bits per heavy atom. The lowest BCUT2D eigenvalue weighted by molar-refractivity contribution is -0.117. The number of unbranched alkanes of at least 4 members (excludes halogenated alkanes) is 11. The summed E-state index contributed by atoms with van der Waals surface area (Å²) in [6, 6.07) is 8.85. The molecule has 0 saturated carbocycles. The fraction of sp³-hybridized carbons (Fsp3) is 0.708. The van der Waals surface area contributed by atoms with Crippen molar-refractivity contribution in [3.63, 3.8) is 0 Å². The zero-order valence-electron chi connectivity index (χ0n) is 17.8. The first-order valence-electron chi connectivity index (χ1n) is 11.4. The molecule has 0 aliphatic carbocycles. The average molecular weight is 409 g/mol. The number of hydrogen-bond acceptors (Lipinski definition) is 2. The normalized spacial score (nSPS) is 13.2. The summed E-state index contributed by atoms with van der Waals surface area (Å²) in [5, 5.41) is 2.81. The molecular weight excluding hydrogens is 368 g/mol. The molecule has 0 aliphatic rings. The second-order valence-electron chi connectivity index (χ2n) is 7.97. The van der Waals surface area contributed by atoms with Gasteiger partial charge in [0.15, 0.2) is 0 Å². The van der Waals surface area contributed by atoms with E-state index in [0.29, 0.717) is 6.42 Å². The number of hydrogen-bond donors (Lipinski definition) is 2. The Bertz CT molecular complexity index is 495. The van der Waals surface area contributed by atoms with E-state index in [4.69, 9.17) is 17.3 Å². The molecule has 1 aromatic carbocycles. The molecule has 3 nitrogen and oxygen atoms in total. The highest BCUT2D eigenvalue weighted by molar-refractivity contribution is 6.20. The Hall–Kier alpha value is -1.06. The number of carbonyl (C=O) groups excluding carboxylic acids is 1. The maximum absolute atomic E-state index is 12.1. The van der Waals surface area contributed by atoms with E-state index < -0.39 is 6.04 Å². The van der Waals surface area contributed by atoms with E-state index in [1.54, 1.807) is 0 Å². The molecule has 0 radical (unpaired) electrons. The van der Waals surface area contributed by atoms with Crippen LogP contribution in [0.25, 0.3) is 0 Å². The Morgan fingerprint density at radius 1 is 0.893 bits per heavy atom. The molecule has 2 atom stereocenters. The van der Waals surface area contributed by atoms with Crippen molar-refractivity contribution < 1.29 is 4.79 Å². The van der Waals surface area contributed by atoms with Gasteiger partial charge in [0.25, 0.3) is 0 Å². The van der Waals surface area contributed by atoms with E-state index in [-0.39, 0.29) is 11.3 Å². The van der Waals surface area contributed by atoms with Crippen molar-refractivity contribution in [3.8, 4) is 0 Å². The fourth-order valence-corrected chi connectivity index (χ4v) is 3.81. The summed E-state index contributed by atoms with van der Waals surface area (Å²) >= 11 is 6.40. The number of anilines is 1. The van der Waals surface area contributed by atoms with Crippen LogP contribution in [0.5, 0.6) is 0 Å². The molecule has 0 aliphatic heterocycles. The predicted molar refractivity (Wildman–Crippen MR) is 123 cm³/mol. The molecule has 1 rings (SSSR count). The van der Waals surface area contributed by atoms with Crippen LogP contribution in [0, 0.1) is 0 Å². The number of benzene rings is 1. The maximum atomic E-state index is 12.1. The lowest BCUT2D eigenvalue weighted by Crippen LogP contribution is -2.37. The molecule has 160 valence electrons. The van der Waals surface area contributed by atoms with Gasteiger partial charge in [-0.1, -0.05) is 102 Å². The second kappa shape index (κ2) is 16.9. The minimum atomic E-state index is -0.556. The zero-order chi connectivity index (χ0) is 20.5. The molecule has 0 heterocycles. The highest BCUT2D eigenvalue weighted by atomic mass is 35.5. The Balaban J connectivity index is 1.96. The highest BCUT2D eigenvalue weighted by Gasteiger charge is 2.18. The molecule has 0 saturated heterocycles. The van der Waals surface area contributed by atoms with Crippen LogP contribution in [0.2, 0.25) is 0 Å². The van der Waals surface area contributed by atoms with Crippen molar-refractivity contribution in [2.24, 2.45) is 5.73 Å². The number of para-hydroxylation sites is 1. The molecule has 0 spiro atoms. The van der Waals surface area contributed by atoms with Gasteiger partial charge in [-0.15, -0.1) is 11.6 Å². The van der Waals surface area contributed by atoms with Crippen LogP contribution in [0.4, 0.5) is 5.69 Å². The third-order valence-corrected chi connectivity index (χ3v) is 5.66. The first-order chi connectivity index (χ1) is 13.6. The summed E-state index contributed by atoms with van der Waals surface area (Å²) in [5.74, 6) is -0.161. The largest absolute Gasteiger partial charge is 0.325 e. The van der Waals surface area contributed by atoms with E-state index in [9.17, 15) is 4.79 Å². The van der Waals surface area contributed by atoms with Crippen molar-refractivity contribution in [1.82, 2.24) is 0 Å². The molecule has 1 amide bonds. The molecule has 1 aromatic rings. The lowest BCUT2D eigenvalue weighted by atomic mass is 10.0. The first-order valence-corrected chi connectivity index (χ1v) is 11.8. The van der Waals surface area contributed by atoms with Crippen molar-refractivity contribution in [2.75, 3.05) is 5.32 Å². The van der Waals surface area contributed by atoms with Gasteiger partial charge in [-0.2, -0.15) is 0 Å². The van der Waals surface area contributed by atoms with Gasteiger partial charge >= 0.3 is 0 Å². The van der Waals surface area contributed by atoms with Gasteiger partial charge in [0.1, 0.15) is 0 Å². The van der Waals surface area contributed by atoms with E-state index in [0.717, 1.165) is 18.5 Å². The molecule has 3 N–H and O–H groups in total. The number of nitrogens with two attached hydrogens (primary N) is 1. The van der Waals surface area contributed by atoms with Gasteiger partial charge in [0, 0.05) is 11.1 Å². The van der Waals surface area contributed by atoms with Gasteiger partial charge in [-0.25, -0.2) is 0 Å². The van der Waals surface area contributed by atoms with Crippen LogP contribution in [0.1, 0.15) is 96.8 Å². The standard InChI is InChI=1S/C24H41ClN2O/c1-2-3-4-5-6-7-8-9-10-11-12-14-17-21(25)20-23(26)24(28)27-22-18-15-13-16-19-22/h13,15-16,18-19,21,23H,2-12,14,17,20,26H2,1H3,(H,27,28). The topological polar surface area (TPSA) is 55.1 Å². The molecule has 4 heteroatoms. The van der Waals surface area contributed by atoms with Crippen molar-refractivity contribution in [3.05, 3.63) is 30.3 Å². The average Bonchev–Trinajstić information content (AvgIpc) is 2.69. The van der Waals surface area contributed by atoms with Gasteiger partial charge < -0.3 is 11.1 Å². The maximum Gasteiger partial charge on any atom is 0.241 e. The summed E-state index contributed by atoms with van der Waals surface area (Å²) < 4.78 is 0. The number of amides is 1. The van der Waals surface area contributed by atoms with Gasteiger partial charge in [0.05, 0.1) is 6.04 Å². The first kappa shape index (κ1) is 25.0.